The third kappa shape index (κ3) is 4.67. The Morgan fingerprint density at radius 1 is 1.29 bits per heavy atom. The molecule has 1 fully saturated rings. The maximum atomic E-state index is 6.24. The Bertz CT molecular complexity index is 146. The molecule has 2 nitrogen and oxygen atoms in total. The van der Waals surface area contributed by atoms with E-state index in [2.05, 4.69) is 6.26 Å². The van der Waals surface area contributed by atoms with Crippen molar-refractivity contribution in [3.05, 3.63) is 0 Å². The lowest BCUT2D eigenvalue weighted by atomic mass is 9.83. The van der Waals surface area contributed by atoms with Crippen LogP contribution in [0, 0.1) is 0 Å². The third-order valence-corrected chi connectivity index (χ3v) is 3.57. The molecule has 0 amide bonds. The molecule has 0 aromatic rings. The van der Waals surface area contributed by atoms with Gasteiger partial charge in [-0.1, -0.05) is 19.3 Å². The highest BCUT2D eigenvalue weighted by molar-refractivity contribution is 7.98. The minimum atomic E-state index is -0.00237. The molecule has 14 heavy (non-hydrogen) atoms. The Morgan fingerprint density at radius 3 is 2.64 bits per heavy atom. The molecule has 0 aromatic heterocycles. The van der Waals surface area contributed by atoms with Crippen molar-refractivity contribution in [1.29, 1.82) is 0 Å². The summed E-state index contributed by atoms with van der Waals surface area (Å²) in [5.41, 5.74) is 6.24. The van der Waals surface area contributed by atoms with Gasteiger partial charge in [0.2, 0.25) is 0 Å². The molecule has 0 spiro atoms. The summed E-state index contributed by atoms with van der Waals surface area (Å²) in [6, 6.07) is 0. The highest BCUT2D eigenvalue weighted by Crippen LogP contribution is 2.25. The predicted molar refractivity (Wildman–Crippen MR) is 63.8 cm³/mol. The average molecular weight is 217 g/mol. The molecule has 0 atom stereocenters. The van der Waals surface area contributed by atoms with E-state index in [9.17, 15) is 0 Å². The van der Waals surface area contributed by atoms with Crippen molar-refractivity contribution in [2.45, 2.75) is 44.1 Å². The second-order valence-electron chi connectivity index (χ2n) is 4.32. The number of nitrogens with two attached hydrogens (primary N) is 1. The zero-order chi connectivity index (χ0) is 10.3. The summed E-state index contributed by atoms with van der Waals surface area (Å²) in [5, 5.41) is 0. The highest BCUT2D eigenvalue weighted by Gasteiger charge is 2.27. The first kappa shape index (κ1) is 12.3. The normalized spacial score (nSPS) is 21.0. The van der Waals surface area contributed by atoms with Crippen molar-refractivity contribution < 1.29 is 4.74 Å². The van der Waals surface area contributed by atoms with Crippen LogP contribution in [0.2, 0.25) is 0 Å². The molecule has 1 saturated carbocycles. The second-order valence-corrected chi connectivity index (χ2v) is 5.31. The molecule has 0 saturated heterocycles. The predicted octanol–water partition coefficient (Wildman–Crippen LogP) is 2.42. The molecule has 2 N–H and O–H groups in total. The summed E-state index contributed by atoms with van der Waals surface area (Å²) >= 11 is 1.88. The Hall–Kier alpha value is 0.270. The van der Waals surface area contributed by atoms with Crippen molar-refractivity contribution >= 4 is 11.8 Å². The Labute approximate surface area is 92.0 Å². The fourth-order valence-electron chi connectivity index (χ4n) is 1.98. The molecule has 0 radical (unpaired) electrons. The molecule has 0 heterocycles. The van der Waals surface area contributed by atoms with E-state index in [0.29, 0.717) is 0 Å². The van der Waals surface area contributed by atoms with E-state index in [1.54, 1.807) is 0 Å². The van der Waals surface area contributed by atoms with Crippen molar-refractivity contribution in [3.8, 4) is 0 Å². The van der Waals surface area contributed by atoms with Gasteiger partial charge < -0.3 is 10.5 Å². The van der Waals surface area contributed by atoms with Gasteiger partial charge in [0.05, 0.1) is 6.61 Å². The van der Waals surface area contributed by atoms with Gasteiger partial charge in [-0.3, -0.25) is 0 Å². The molecule has 1 aliphatic rings. The lowest BCUT2D eigenvalue weighted by molar-refractivity contribution is 0.0688. The van der Waals surface area contributed by atoms with Crippen LogP contribution < -0.4 is 5.73 Å². The van der Waals surface area contributed by atoms with Crippen molar-refractivity contribution in [1.82, 2.24) is 0 Å². The van der Waals surface area contributed by atoms with Gasteiger partial charge in [-0.15, -0.1) is 0 Å². The number of hydrogen-bond donors (Lipinski definition) is 1. The molecular weight excluding hydrogens is 194 g/mol. The summed E-state index contributed by atoms with van der Waals surface area (Å²) in [6.45, 7) is 1.64. The zero-order valence-corrected chi connectivity index (χ0v) is 10.1. The first-order chi connectivity index (χ1) is 6.77. The van der Waals surface area contributed by atoms with Crippen LogP contribution in [0.4, 0.5) is 0 Å². The van der Waals surface area contributed by atoms with Gasteiger partial charge in [0.1, 0.15) is 0 Å². The van der Waals surface area contributed by atoms with E-state index in [4.69, 9.17) is 10.5 Å². The van der Waals surface area contributed by atoms with Crippen molar-refractivity contribution in [2.24, 2.45) is 5.73 Å². The van der Waals surface area contributed by atoms with E-state index in [-0.39, 0.29) is 5.54 Å². The number of thioether (sulfide) groups is 1. The quantitative estimate of drug-likeness (QED) is 0.694. The summed E-state index contributed by atoms with van der Waals surface area (Å²) in [4.78, 5) is 0. The molecule has 0 aliphatic heterocycles. The van der Waals surface area contributed by atoms with Crippen LogP contribution in [0.1, 0.15) is 38.5 Å². The standard InChI is InChI=1S/C11H23NOS/c1-14-9-5-8-13-10-11(12)6-3-2-4-7-11/h2-10,12H2,1H3. The lowest BCUT2D eigenvalue weighted by Gasteiger charge is -2.33. The number of hydrogen-bond acceptors (Lipinski definition) is 3. The van der Waals surface area contributed by atoms with Gasteiger partial charge in [-0.25, -0.2) is 0 Å². The molecule has 0 aromatic carbocycles. The van der Waals surface area contributed by atoms with Crippen molar-refractivity contribution in [3.63, 3.8) is 0 Å². The van der Waals surface area contributed by atoms with Gasteiger partial charge in [0.15, 0.2) is 0 Å². The maximum absolute atomic E-state index is 6.24. The van der Waals surface area contributed by atoms with Crippen LogP contribution in [0.15, 0.2) is 0 Å². The van der Waals surface area contributed by atoms with Gasteiger partial charge in [0, 0.05) is 12.1 Å². The SMILES string of the molecule is CSCCCOCC1(N)CCCCC1. The zero-order valence-electron chi connectivity index (χ0n) is 9.26. The highest BCUT2D eigenvalue weighted by atomic mass is 32.2. The maximum Gasteiger partial charge on any atom is 0.0646 e. The molecule has 0 unspecified atom stereocenters. The molecule has 84 valence electrons. The number of rotatable bonds is 6. The summed E-state index contributed by atoms with van der Waals surface area (Å²) in [7, 11) is 0. The second kappa shape index (κ2) is 6.70. The summed E-state index contributed by atoms with van der Waals surface area (Å²) in [6.07, 6.45) is 9.49. The van der Waals surface area contributed by atoms with E-state index in [0.717, 1.165) is 32.5 Å². The minimum absolute atomic E-state index is 0.00237. The van der Waals surface area contributed by atoms with Crippen LogP contribution in [0.3, 0.4) is 0 Å². The third-order valence-electron chi connectivity index (χ3n) is 2.88. The summed E-state index contributed by atoms with van der Waals surface area (Å²) in [5.74, 6) is 1.19. The van der Waals surface area contributed by atoms with E-state index >= 15 is 0 Å². The van der Waals surface area contributed by atoms with E-state index in [1.165, 1.54) is 25.0 Å². The first-order valence-electron chi connectivity index (χ1n) is 5.62. The van der Waals surface area contributed by atoms with Crippen molar-refractivity contribution in [2.75, 3.05) is 25.2 Å². The van der Waals surface area contributed by atoms with E-state index in [1.807, 2.05) is 11.8 Å². The molecule has 0 bridgehead atoms. The smallest absolute Gasteiger partial charge is 0.0646 e. The van der Waals surface area contributed by atoms with Gasteiger partial charge in [-0.2, -0.15) is 11.8 Å². The Balaban J connectivity index is 2.03. The average Bonchev–Trinajstić information content (AvgIpc) is 2.18. The molecule has 1 rings (SSSR count). The van der Waals surface area contributed by atoms with Gasteiger partial charge in [-0.05, 0) is 31.3 Å². The van der Waals surface area contributed by atoms with Crippen LogP contribution in [0.25, 0.3) is 0 Å². The van der Waals surface area contributed by atoms with E-state index < -0.39 is 0 Å². The number of ether oxygens (including phenoxy) is 1. The Morgan fingerprint density at radius 2 is 2.00 bits per heavy atom. The largest absolute Gasteiger partial charge is 0.380 e. The fraction of sp³-hybridized carbons (Fsp3) is 1.00. The fourth-order valence-corrected chi connectivity index (χ4v) is 2.39. The topological polar surface area (TPSA) is 35.2 Å². The van der Waals surface area contributed by atoms with Crippen LogP contribution in [-0.4, -0.2) is 30.8 Å². The van der Waals surface area contributed by atoms with Gasteiger partial charge in [0.25, 0.3) is 0 Å². The molecular formula is C11H23NOS. The van der Waals surface area contributed by atoms with Crippen LogP contribution in [0.5, 0.6) is 0 Å². The monoisotopic (exact) mass is 217 g/mol. The summed E-state index contributed by atoms with van der Waals surface area (Å²) < 4.78 is 5.64. The van der Waals surface area contributed by atoms with Gasteiger partial charge >= 0.3 is 0 Å². The Kier molecular flexibility index (Phi) is 5.90. The molecule has 1 aliphatic carbocycles. The lowest BCUT2D eigenvalue weighted by Crippen LogP contribution is -2.46. The first-order valence-corrected chi connectivity index (χ1v) is 7.02. The van der Waals surface area contributed by atoms with Crippen LogP contribution >= 0.6 is 11.8 Å². The minimum Gasteiger partial charge on any atom is -0.380 e. The molecule has 3 heteroatoms. The van der Waals surface area contributed by atoms with Crippen LogP contribution in [-0.2, 0) is 4.74 Å².